The van der Waals surface area contributed by atoms with Crippen LogP contribution in [0.15, 0.2) is 71.5 Å². The molecule has 5 nitrogen and oxygen atoms in total. The van der Waals surface area contributed by atoms with Crippen LogP contribution in [-0.2, 0) is 6.54 Å². The maximum atomic E-state index is 13.3. The molecule has 0 N–H and O–H groups in total. The van der Waals surface area contributed by atoms with E-state index in [1.807, 2.05) is 58.0 Å². The summed E-state index contributed by atoms with van der Waals surface area (Å²) >= 11 is 0. The molecule has 2 aromatic carbocycles. The number of carbonyl (C=O) groups is 1. The van der Waals surface area contributed by atoms with Crippen LogP contribution in [0, 0.1) is 17.2 Å². The molecule has 148 valence electrons. The van der Waals surface area contributed by atoms with Gasteiger partial charge in [0.05, 0.1) is 11.6 Å². The molecule has 0 unspecified atom stereocenters. The smallest absolute Gasteiger partial charge is 0.258 e. The molecule has 0 aliphatic carbocycles. The maximum absolute atomic E-state index is 13.3. The number of hydrogen-bond acceptors (Lipinski definition) is 3. The van der Waals surface area contributed by atoms with E-state index >= 15 is 0 Å². The summed E-state index contributed by atoms with van der Waals surface area (Å²) < 4.78 is 1.89. The van der Waals surface area contributed by atoms with E-state index in [0.717, 1.165) is 17.7 Å². The zero-order valence-corrected chi connectivity index (χ0v) is 16.5. The fourth-order valence-corrected chi connectivity index (χ4v) is 4.85. The molecule has 1 aromatic heterocycles. The van der Waals surface area contributed by atoms with Gasteiger partial charge < -0.3 is 9.47 Å². The summed E-state index contributed by atoms with van der Waals surface area (Å²) in [5.41, 5.74) is 3.63. The van der Waals surface area contributed by atoms with Gasteiger partial charge in [0.25, 0.3) is 11.5 Å². The zero-order valence-electron chi connectivity index (χ0n) is 16.5. The minimum Gasteiger partial charge on any atom is -0.338 e. The Morgan fingerprint density at radius 3 is 2.60 bits per heavy atom. The molecule has 1 fully saturated rings. The summed E-state index contributed by atoms with van der Waals surface area (Å²) in [7, 11) is 0. The Balaban J connectivity index is 1.48. The highest BCUT2D eigenvalue weighted by Crippen LogP contribution is 2.36. The van der Waals surface area contributed by atoms with Crippen LogP contribution >= 0.6 is 0 Å². The Labute approximate surface area is 174 Å². The van der Waals surface area contributed by atoms with E-state index in [-0.39, 0.29) is 23.3 Å². The molecule has 5 rings (SSSR count). The minimum atomic E-state index is -0.0138. The van der Waals surface area contributed by atoms with Gasteiger partial charge in [-0.1, -0.05) is 30.3 Å². The van der Waals surface area contributed by atoms with Gasteiger partial charge in [-0.3, -0.25) is 9.59 Å². The Bertz CT molecular complexity index is 1220. The van der Waals surface area contributed by atoms with Gasteiger partial charge in [-0.05, 0) is 54.3 Å². The first kappa shape index (κ1) is 18.4. The average molecular weight is 395 g/mol. The number of likely N-dealkylation sites (tertiary alicyclic amines) is 1. The van der Waals surface area contributed by atoms with E-state index in [2.05, 4.69) is 6.07 Å². The number of fused-ring (bicyclic) bond motifs is 4. The fourth-order valence-electron chi connectivity index (χ4n) is 4.85. The van der Waals surface area contributed by atoms with Crippen LogP contribution in [0.1, 0.15) is 34.0 Å². The van der Waals surface area contributed by atoms with Gasteiger partial charge in [-0.25, -0.2) is 0 Å². The highest BCUT2D eigenvalue weighted by Gasteiger charge is 2.36. The third-order valence-corrected chi connectivity index (χ3v) is 6.21. The summed E-state index contributed by atoms with van der Waals surface area (Å²) in [6.07, 6.45) is 1.00. The number of amides is 1. The van der Waals surface area contributed by atoms with Crippen LogP contribution in [-0.4, -0.2) is 28.5 Å². The van der Waals surface area contributed by atoms with Crippen LogP contribution < -0.4 is 5.56 Å². The van der Waals surface area contributed by atoms with Crippen molar-refractivity contribution in [2.75, 3.05) is 13.1 Å². The lowest BCUT2D eigenvalue weighted by atomic mass is 9.82. The molecule has 2 atom stereocenters. The quantitative estimate of drug-likeness (QED) is 0.665. The van der Waals surface area contributed by atoms with E-state index < -0.39 is 0 Å². The molecule has 3 aromatic rings. The lowest BCUT2D eigenvalue weighted by Gasteiger charge is -2.43. The number of aromatic nitrogens is 1. The number of nitriles is 1. The second-order valence-electron chi connectivity index (χ2n) is 8.16. The zero-order chi connectivity index (χ0) is 20.7. The van der Waals surface area contributed by atoms with Gasteiger partial charge in [0.1, 0.15) is 0 Å². The largest absolute Gasteiger partial charge is 0.338 e. The molecule has 1 saturated heterocycles. The second-order valence-corrected chi connectivity index (χ2v) is 8.16. The van der Waals surface area contributed by atoms with Crippen molar-refractivity contribution >= 4 is 5.91 Å². The predicted molar refractivity (Wildman–Crippen MR) is 114 cm³/mol. The fraction of sp³-hybridized carbons (Fsp3) is 0.240. The molecule has 0 radical (unpaired) electrons. The highest BCUT2D eigenvalue weighted by atomic mass is 16.2. The number of carbonyl (C=O) groups excluding carboxylic acids is 1. The summed E-state index contributed by atoms with van der Waals surface area (Å²) in [5.74, 6) is 0.491. The Hall–Kier alpha value is -3.65. The Kier molecular flexibility index (Phi) is 4.48. The summed E-state index contributed by atoms with van der Waals surface area (Å²) in [6.45, 7) is 1.92. The van der Waals surface area contributed by atoms with Crippen molar-refractivity contribution < 1.29 is 4.79 Å². The number of nitrogens with zero attached hydrogens (tertiary/aromatic N) is 3. The molecule has 0 spiro atoms. The van der Waals surface area contributed by atoms with E-state index in [1.54, 1.807) is 18.2 Å². The van der Waals surface area contributed by atoms with Gasteiger partial charge in [0, 0.05) is 42.4 Å². The SMILES string of the molecule is N#Cc1cccc(-c2ccc3n(c2=O)C[C@@H]2C[C@@H]3CN(C(=O)c3ccccc3)C2)c1. The monoisotopic (exact) mass is 395 g/mol. The van der Waals surface area contributed by atoms with Gasteiger partial charge in [0.2, 0.25) is 0 Å². The molecular formula is C25H21N3O2. The van der Waals surface area contributed by atoms with Crippen LogP contribution in [0.25, 0.3) is 11.1 Å². The van der Waals surface area contributed by atoms with Gasteiger partial charge >= 0.3 is 0 Å². The van der Waals surface area contributed by atoms with Crippen molar-refractivity contribution in [3.05, 3.63) is 93.9 Å². The number of piperidine rings is 1. The van der Waals surface area contributed by atoms with Gasteiger partial charge in [-0.2, -0.15) is 5.26 Å². The van der Waals surface area contributed by atoms with E-state index in [9.17, 15) is 9.59 Å². The first-order chi connectivity index (χ1) is 14.6. The maximum Gasteiger partial charge on any atom is 0.258 e. The molecule has 0 saturated carbocycles. The first-order valence-electron chi connectivity index (χ1n) is 10.2. The molecular weight excluding hydrogens is 374 g/mol. The molecule has 3 heterocycles. The molecule has 2 aliphatic heterocycles. The summed E-state index contributed by atoms with van der Waals surface area (Å²) in [6, 6.07) is 22.6. The summed E-state index contributed by atoms with van der Waals surface area (Å²) in [4.78, 5) is 28.2. The van der Waals surface area contributed by atoms with Crippen molar-refractivity contribution in [1.82, 2.24) is 9.47 Å². The molecule has 30 heavy (non-hydrogen) atoms. The van der Waals surface area contributed by atoms with Crippen LogP contribution in [0.3, 0.4) is 0 Å². The van der Waals surface area contributed by atoms with Crippen molar-refractivity contribution in [1.29, 1.82) is 5.26 Å². The lowest BCUT2D eigenvalue weighted by Crippen LogP contribution is -2.49. The van der Waals surface area contributed by atoms with Crippen LogP contribution in [0.5, 0.6) is 0 Å². The number of benzene rings is 2. The number of pyridine rings is 1. The first-order valence-corrected chi connectivity index (χ1v) is 10.2. The van der Waals surface area contributed by atoms with Gasteiger partial charge in [0.15, 0.2) is 0 Å². The Morgan fingerprint density at radius 1 is 0.967 bits per heavy atom. The van der Waals surface area contributed by atoms with Crippen LogP contribution in [0.2, 0.25) is 0 Å². The highest BCUT2D eigenvalue weighted by molar-refractivity contribution is 5.94. The third-order valence-electron chi connectivity index (χ3n) is 6.21. The van der Waals surface area contributed by atoms with E-state index in [1.165, 1.54) is 0 Å². The minimum absolute atomic E-state index is 0.0138. The normalized spacial score (nSPS) is 19.6. The number of hydrogen-bond donors (Lipinski definition) is 0. The third kappa shape index (κ3) is 3.11. The molecule has 5 heteroatoms. The average Bonchev–Trinajstić information content (AvgIpc) is 2.80. The molecule has 2 bridgehead atoms. The summed E-state index contributed by atoms with van der Waals surface area (Å²) in [5, 5.41) is 9.17. The molecule has 2 aliphatic rings. The Morgan fingerprint density at radius 2 is 1.80 bits per heavy atom. The van der Waals surface area contributed by atoms with Crippen molar-refractivity contribution in [2.24, 2.45) is 5.92 Å². The van der Waals surface area contributed by atoms with Crippen molar-refractivity contribution in [3.63, 3.8) is 0 Å². The van der Waals surface area contributed by atoms with Gasteiger partial charge in [-0.15, -0.1) is 0 Å². The van der Waals surface area contributed by atoms with Crippen molar-refractivity contribution in [3.8, 4) is 17.2 Å². The predicted octanol–water partition coefficient (Wildman–Crippen LogP) is 3.65. The van der Waals surface area contributed by atoms with Crippen molar-refractivity contribution in [2.45, 2.75) is 18.9 Å². The van der Waals surface area contributed by atoms with E-state index in [0.29, 0.717) is 36.3 Å². The standard InChI is InChI=1S/C25H21N3O2/c26-13-17-5-4-8-20(11-17)22-9-10-23-21-12-18(15-28(23)25(22)30)14-27(16-21)24(29)19-6-2-1-3-7-19/h1-11,18,21H,12,14-16H2/t18-,21-/m1/s1. The van der Waals surface area contributed by atoms with E-state index in [4.69, 9.17) is 5.26 Å². The topological polar surface area (TPSA) is 66.1 Å². The number of rotatable bonds is 2. The van der Waals surface area contributed by atoms with Crippen LogP contribution in [0.4, 0.5) is 0 Å². The molecule has 1 amide bonds. The second kappa shape index (κ2) is 7.31. The lowest BCUT2D eigenvalue weighted by molar-refractivity contribution is 0.0594.